The van der Waals surface area contributed by atoms with Crippen LogP contribution in [0.25, 0.3) is 10.8 Å². The van der Waals surface area contributed by atoms with Gasteiger partial charge in [0, 0.05) is 17.5 Å². The highest BCUT2D eigenvalue weighted by molar-refractivity contribution is 6.13. The topological polar surface area (TPSA) is 145 Å². The molecule has 0 bridgehead atoms. The SMILES string of the molecule is COC(=O)CC1CN(C(=O)c2ccc(NC(=O)Nc3cc(C(C)(C)C)cc(NC(=O)OC)c3OC)c3ccccc23)CC(c2ccccc2)O1. The molecule has 1 heterocycles. The predicted molar refractivity (Wildman–Crippen MR) is 191 cm³/mol. The fourth-order valence-electron chi connectivity index (χ4n) is 5.91. The van der Waals surface area contributed by atoms with E-state index in [2.05, 4.69) is 16.0 Å². The molecular formula is C38H42N4O8. The summed E-state index contributed by atoms with van der Waals surface area (Å²) in [5, 5.41) is 9.71. The number of morpholine rings is 1. The van der Waals surface area contributed by atoms with Crippen molar-refractivity contribution in [2.24, 2.45) is 0 Å². The van der Waals surface area contributed by atoms with E-state index < -0.39 is 30.3 Å². The lowest BCUT2D eigenvalue weighted by Gasteiger charge is -2.38. The molecule has 1 aliphatic heterocycles. The Balaban J connectivity index is 1.43. The number of anilines is 3. The van der Waals surface area contributed by atoms with E-state index in [0.717, 1.165) is 11.1 Å². The summed E-state index contributed by atoms with van der Waals surface area (Å²) in [6.07, 6.45) is -1.67. The monoisotopic (exact) mass is 682 g/mol. The number of carbonyl (C=O) groups is 4. The molecule has 4 aromatic rings. The van der Waals surface area contributed by atoms with E-state index in [4.69, 9.17) is 18.9 Å². The first-order chi connectivity index (χ1) is 23.9. The fourth-order valence-corrected chi connectivity index (χ4v) is 5.91. The summed E-state index contributed by atoms with van der Waals surface area (Å²) in [7, 11) is 4.02. The third kappa shape index (κ3) is 8.15. The summed E-state index contributed by atoms with van der Waals surface area (Å²) in [6, 6.07) is 23.2. The number of fused-ring (bicyclic) bond motifs is 1. The molecule has 1 saturated heterocycles. The molecule has 12 nitrogen and oxygen atoms in total. The molecule has 3 N–H and O–H groups in total. The average Bonchev–Trinajstić information content (AvgIpc) is 3.11. The van der Waals surface area contributed by atoms with Gasteiger partial charge in [0.05, 0.1) is 57.5 Å². The minimum atomic E-state index is -0.683. The van der Waals surface area contributed by atoms with Gasteiger partial charge in [-0.15, -0.1) is 0 Å². The summed E-state index contributed by atoms with van der Waals surface area (Å²) in [5.74, 6) is -0.409. The first kappa shape index (κ1) is 35.7. The molecule has 5 rings (SSSR count). The molecule has 0 saturated carbocycles. The highest BCUT2D eigenvalue weighted by Gasteiger charge is 2.34. The van der Waals surface area contributed by atoms with Crippen molar-refractivity contribution in [3.05, 3.63) is 95.6 Å². The fraction of sp³-hybridized carbons (Fsp3) is 0.316. The van der Waals surface area contributed by atoms with Crippen molar-refractivity contribution in [3.63, 3.8) is 0 Å². The van der Waals surface area contributed by atoms with Gasteiger partial charge in [0.2, 0.25) is 0 Å². The summed E-state index contributed by atoms with van der Waals surface area (Å²) in [6.45, 7) is 6.52. The zero-order valence-electron chi connectivity index (χ0n) is 29.0. The van der Waals surface area contributed by atoms with Gasteiger partial charge >= 0.3 is 18.1 Å². The molecule has 2 unspecified atom stereocenters. The molecular weight excluding hydrogens is 640 g/mol. The Bertz CT molecular complexity index is 1890. The number of benzene rings is 4. The van der Waals surface area contributed by atoms with Crippen LogP contribution >= 0.6 is 0 Å². The highest BCUT2D eigenvalue weighted by atomic mass is 16.5. The van der Waals surface area contributed by atoms with Crippen LogP contribution in [0.3, 0.4) is 0 Å². The van der Waals surface area contributed by atoms with Crippen LogP contribution in [0.1, 0.15) is 54.8 Å². The van der Waals surface area contributed by atoms with Gasteiger partial charge in [-0.25, -0.2) is 9.59 Å². The lowest BCUT2D eigenvalue weighted by atomic mass is 9.86. The van der Waals surface area contributed by atoms with E-state index >= 15 is 0 Å². The number of hydrogen-bond donors (Lipinski definition) is 3. The van der Waals surface area contributed by atoms with Gasteiger partial charge in [-0.2, -0.15) is 0 Å². The number of nitrogens with one attached hydrogen (secondary N) is 3. The van der Waals surface area contributed by atoms with Gasteiger partial charge in [-0.05, 0) is 46.2 Å². The van der Waals surface area contributed by atoms with Crippen molar-refractivity contribution in [1.82, 2.24) is 4.90 Å². The zero-order valence-corrected chi connectivity index (χ0v) is 29.0. The smallest absolute Gasteiger partial charge is 0.411 e. The molecule has 1 fully saturated rings. The van der Waals surface area contributed by atoms with Crippen molar-refractivity contribution in [3.8, 4) is 5.75 Å². The molecule has 0 spiro atoms. The number of ether oxygens (including phenoxy) is 4. The van der Waals surface area contributed by atoms with E-state index in [-0.39, 0.29) is 30.0 Å². The predicted octanol–water partition coefficient (Wildman–Crippen LogP) is 7.11. The maximum Gasteiger partial charge on any atom is 0.411 e. The molecule has 262 valence electrons. The first-order valence-corrected chi connectivity index (χ1v) is 16.2. The summed E-state index contributed by atoms with van der Waals surface area (Å²) in [5.41, 5.74) is 2.98. The number of esters is 1. The number of methoxy groups -OCH3 is 3. The minimum absolute atomic E-state index is 0.00597. The Labute approximate surface area is 291 Å². The van der Waals surface area contributed by atoms with Gasteiger partial charge in [-0.3, -0.25) is 14.9 Å². The molecule has 4 aromatic carbocycles. The molecule has 0 aliphatic carbocycles. The maximum absolute atomic E-state index is 14.2. The van der Waals surface area contributed by atoms with Gasteiger partial charge in [0.15, 0.2) is 5.75 Å². The third-order valence-electron chi connectivity index (χ3n) is 8.48. The van der Waals surface area contributed by atoms with E-state index in [9.17, 15) is 19.2 Å². The third-order valence-corrected chi connectivity index (χ3v) is 8.48. The Hall–Kier alpha value is -5.62. The van der Waals surface area contributed by atoms with Crippen LogP contribution < -0.4 is 20.7 Å². The maximum atomic E-state index is 14.2. The lowest BCUT2D eigenvalue weighted by molar-refractivity contribution is -0.148. The number of urea groups is 1. The standard InChI is InChI=1S/C38H42N4O8/c1-38(2,3)24-18-30(34(48-5)31(19-24)41-37(46)49-6)40-36(45)39-29-17-16-28(26-14-10-11-15-27(26)29)35(44)42-21-25(20-33(43)47-4)50-32(22-42)23-12-8-7-9-13-23/h7-19,25,32H,20-22H2,1-6H3,(H,41,46)(H2,39,40,45). The van der Waals surface area contributed by atoms with Crippen molar-refractivity contribution in [1.29, 1.82) is 0 Å². The molecule has 12 heteroatoms. The van der Waals surface area contributed by atoms with E-state index in [1.165, 1.54) is 21.3 Å². The van der Waals surface area contributed by atoms with Crippen LogP contribution in [0.15, 0.2) is 78.9 Å². The van der Waals surface area contributed by atoms with E-state index in [0.29, 0.717) is 39.9 Å². The highest BCUT2D eigenvalue weighted by Crippen LogP contribution is 2.39. The van der Waals surface area contributed by atoms with Gasteiger partial charge in [0.25, 0.3) is 5.91 Å². The van der Waals surface area contributed by atoms with Crippen molar-refractivity contribution in [2.75, 3.05) is 50.4 Å². The number of nitrogens with zero attached hydrogens (tertiary/aromatic N) is 1. The van der Waals surface area contributed by atoms with Crippen LogP contribution in [0.4, 0.5) is 26.7 Å². The number of amides is 4. The second-order valence-electron chi connectivity index (χ2n) is 12.9. The summed E-state index contributed by atoms with van der Waals surface area (Å²) < 4.78 is 21.5. The van der Waals surface area contributed by atoms with Crippen molar-refractivity contribution >= 4 is 51.8 Å². The molecule has 0 radical (unpaired) electrons. The quantitative estimate of drug-likeness (QED) is 0.167. The van der Waals surface area contributed by atoms with Crippen LogP contribution in [0.2, 0.25) is 0 Å². The molecule has 1 aliphatic rings. The van der Waals surface area contributed by atoms with Gasteiger partial charge in [0.1, 0.15) is 6.10 Å². The molecule has 0 aromatic heterocycles. The Kier molecular flexibility index (Phi) is 10.9. The number of hydrogen-bond acceptors (Lipinski definition) is 8. The second-order valence-corrected chi connectivity index (χ2v) is 12.9. The summed E-state index contributed by atoms with van der Waals surface area (Å²) in [4.78, 5) is 53.7. The van der Waals surface area contributed by atoms with Crippen molar-refractivity contribution < 1.29 is 38.1 Å². The first-order valence-electron chi connectivity index (χ1n) is 16.2. The van der Waals surface area contributed by atoms with Gasteiger partial charge < -0.3 is 34.5 Å². The molecule has 4 amide bonds. The summed E-state index contributed by atoms with van der Waals surface area (Å²) >= 11 is 0. The zero-order chi connectivity index (χ0) is 36.0. The Morgan fingerprint density at radius 1 is 0.780 bits per heavy atom. The average molecular weight is 683 g/mol. The Morgan fingerprint density at radius 3 is 2.06 bits per heavy atom. The van der Waals surface area contributed by atoms with Gasteiger partial charge in [-0.1, -0.05) is 75.4 Å². The number of carbonyl (C=O) groups excluding carboxylic acids is 4. The van der Waals surface area contributed by atoms with Crippen molar-refractivity contribution in [2.45, 2.75) is 44.8 Å². The minimum Gasteiger partial charge on any atom is -0.492 e. The second kappa shape index (κ2) is 15.3. The van der Waals surface area contributed by atoms with E-state index in [1.54, 1.807) is 29.2 Å². The number of rotatable bonds is 8. The molecule has 2 atom stereocenters. The largest absolute Gasteiger partial charge is 0.492 e. The van der Waals surface area contributed by atoms with Crippen LogP contribution in [0, 0.1) is 0 Å². The van der Waals surface area contributed by atoms with Crippen LogP contribution in [0.5, 0.6) is 5.75 Å². The Morgan fingerprint density at radius 2 is 1.42 bits per heavy atom. The molecule has 50 heavy (non-hydrogen) atoms. The normalized spacial score (nSPS) is 15.9. The van der Waals surface area contributed by atoms with Crippen LogP contribution in [-0.2, 0) is 24.4 Å². The van der Waals surface area contributed by atoms with E-state index in [1.807, 2.05) is 75.4 Å². The van der Waals surface area contributed by atoms with Crippen LogP contribution in [-0.4, -0.2) is 69.4 Å². The lowest BCUT2D eigenvalue weighted by Crippen LogP contribution is -2.47.